The number of alkyl halides is 2. The Morgan fingerprint density at radius 1 is 1.33 bits per heavy atom. The number of rotatable bonds is 7. The molecule has 0 spiro atoms. The quantitative estimate of drug-likeness (QED) is 0.705. The minimum Gasteiger partial charge on any atom is -0.434 e. The Kier molecular flexibility index (Phi) is 5.71. The van der Waals surface area contributed by atoms with E-state index in [0.29, 0.717) is 13.0 Å². The van der Waals surface area contributed by atoms with Crippen LogP contribution in [0.15, 0.2) is 24.3 Å². The Labute approximate surface area is 105 Å². The number of carbonyl (C=O) groups excluding carboxylic acids is 1. The first-order valence-corrected chi connectivity index (χ1v) is 5.63. The lowest BCUT2D eigenvalue weighted by Crippen LogP contribution is -2.15. The summed E-state index contributed by atoms with van der Waals surface area (Å²) in [5.41, 5.74) is 0.182. The van der Waals surface area contributed by atoms with Crippen molar-refractivity contribution in [1.29, 1.82) is 0 Å². The van der Waals surface area contributed by atoms with Crippen LogP contribution in [-0.4, -0.2) is 26.1 Å². The van der Waals surface area contributed by atoms with E-state index in [-0.39, 0.29) is 23.0 Å². The van der Waals surface area contributed by atoms with Gasteiger partial charge in [0.15, 0.2) is 5.78 Å². The summed E-state index contributed by atoms with van der Waals surface area (Å²) in [5.74, 6) is -0.600. The molecule has 1 unspecified atom stereocenters. The molecule has 18 heavy (non-hydrogen) atoms. The second kappa shape index (κ2) is 7.06. The molecule has 1 aromatic carbocycles. The van der Waals surface area contributed by atoms with Crippen molar-refractivity contribution in [3.8, 4) is 5.75 Å². The average molecular weight is 258 g/mol. The van der Waals surface area contributed by atoms with E-state index in [1.807, 2.05) is 0 Å². The summed E-state index contributed by atoms with van der Waals surface area (Å²) >= 11 is 0. The smallest absolute Gasteiger partial charge is 0.387 e. The maximum atomic E-state index is 12.2. The van der Waals surface area contributed by atoms with Gasteiger partial charge in [-0.15, -0.1) is 0 Å². The van der Waals surface area contributed by atoms with Gasteiger partial charge >= 0.3 is 6.61 Å². The number of hydrogen-bond acceptors (Lipinski definition) is 3. The minimum absolute atomic E-state index is 0.0817. The van der Waals surface area contributed by atoms with Gasteiger partial charge < -0.3 is 9.47 Å². The molecule has 0 aromatic heterocycles. The van der Waals surface area contributed by atoms with Gasteiger partial charge in [0, 0.05) is 19.6 Å². The summed E-state index contributed by atoms with van der Waals surface area (Å²) < 4.78 is 33.7. The van der Waals surface area contributed by atoms with E-state index in [4.69, 9.17) is 4.74 Å². The van der Waals surface area contributed by atoms with Gasteiger partial charge in [0.1, 0.15) is 5.75 Å². The lowest BCUT2D eigenvalue weighted by atomic mass is 9.96. The molecule has 100 valence electrons. The van der Waals surface area contributed by atoms with Crippen molar-refractivity contribution >= 4 is 5.78 Å². The standard InChI is InChI=1S/C13H16F2O3/c1-9(7-8-17-2)12(16)10-5-3-4-6-11(10)18-13(14)15/h3-6,9,13H,7-8H2,1-2H3. The van der Waals surface area contributed by atoms with Crippen LogP contribution >= 0.6 is 0 Å². The van der Waals surface area contributed by atoms with Gasteiger partial charge in [-0.3, -0.25) is 4.79 Å². The zero-order valence-electron chi connectivity index (χ0n) is 10.4. The van der Waals surface area contributed by atoms with Crippen molar-refractivity contribution in [2.75, 3.05) is 13.7 Å². The molecule has 0 saturated heterocycles. The van der Waals surface area contributed by atoms with E-state index in [0.717, 1.165) is 0 Å². The highest BCUT2D eigenvalue weighted by atomic mass is 19.3. The molecule has 0 amide bonds. The van der Waals surface area contributed by atoms with Gasteiger partial charge in [-0.1, -0.05) is 19.1 Å². The summed E-state index contributed by atoms with van der Waals surface area (Å²) in [6, 6.07) is 6.02. The van der Waals surface area contributed by atoms with E-state index in [1.54, 1.807) is 26.2 Å². The molecule has 0 saturated carbocycles. The number of ether oxygens (including phenoxy) is 2. The zero-order chi connectivity index (χ0) is 13.5. The topological polar surface area (TPSA) is 35.5 Å². The molecule has 0 heterocycles. The van der Waals surface area contributed by atoms with Gasteiger partial charge in [0.2, 0.25) is 0 Å². The Morgan fingerprint density at radius 2 is 2.00 bits per heavy atom. The maximum absolute atomic E-state index is 12.2. The van der Waals surface area contributed by atoms with Crippen LogP contribution in [0, 0.1) is 5.92 Å². The third-order valence-corrected chi connectivity index (χ3v) is 2.57. The van der Waals surface area contributed by atoms with Gasteiger partial charge in [-0.05, 0) is 18.6 Å². The predicted molar refractivity (Wildman–Crippen MR) is 63.1 cm³/mol. The average Bonchev–Trinajstić information content (AvgIpc) is 2.35. The Hall–Kier alpha value is -1.49. The van der Waals surface area contributed by atoms with Crippen molar-refractivity contribution < 1.29 is 23.0 Å². The highest BCUT2D eigenvalue weighted by molar-refractivity contribution is 6.00. The molecule has 0 bridgehead atoms. The van der Waals surface area contributed by atoms with Gasteiger partial charge in [-0.25, -0.2) is 0 Å². The van der Waals surface area contributed by atoms with Gasteiger partial charge in [0.05, 0.1) is 5.56 Å². The molecule has 0 fully saturated rings. The van der Waals surface area contributed by atoms with Crippen LogP contribution in [0.4, 0.5) is 8.78 Å². The van der Waals surface area contributed by atoms with Crippen LogP contribution in [0.3, 0.4) is 0 Å². The Bertz CT molecular complexity index is 394. The molecule has 0 aliphatic heterocycles. The number of carbonyl (C=O) groups is 1. The molecule has 0 N–H and O–H groups in total. The fourth-order valence-electron chi connectivity index (χ4n) is 1.56. The van der Waals surface area contributed by atoms with Gasteiger partial charge in [0.25, 0.3) is 0 Å². The van der Waals surface area contributed by atoms with Crippen LogP contribution in [0.25, 0.3) is 0 Å². The summed E-state index contributed by atoms with van der Waals surface area (Å²) in [5, 5.41) is 0. The zero-order valence-corrected chi connectivity index (χ0v) is 10.4. The van der Waals surface area contributed by atoms with Crippen molar-refractivity contribution in [3.05, 3.63) is 29.8 Å². The van der Waals surface area contributed by atoms with Crippen molar-refractivity contribution in [2.24, 2.45) is 5.92 Å². The summed E-state index contributed by atoms with van der Waals surface area (Å²) in [4.78, 5) is 12.1. The molecule has 3 nitrogen and oxygen atoms in total. The number of Topliss-reactive ketones (excluding diaryl/α,β-unsaturated/α-hetero) is 1. The lowest BCUT2D eigenvalue weighted by Gasteiger charge is -2.13. The Balaban J connectivity index is 2.84. The van der Waals surface area contributed by atoms with Gasteiger partial charge in [-0.2, -0.15) is 8.78 Å². The largest absolute Gasteiger partial charge is 0.434 e. The molecule has 1 rings (SSSR count). The number of benzene rings is 1. The van der Waals surface area contributed by atoms with E-state index in [9.17, 15) is 13.6 Å². The second-order valence-corrected chi connectivity index (χ2v) is 3.92. The minimum atomic E-state index is -2.94. The summed E-state index contributed by atoms with van der Waals surface area (Å²) in [6.45, 7) is -0.751. The third kappa shape index (κ3) is 4.07. The number of hydrogen-bond donors (Lipinski definition) is 0. The number of methoxy groups -OCH3 is 1. The van der Waals surface area contributed by atoms with E-state index >= 15 is 0 Å². The molecule has 0 aliphatic rings. The summed E-state index contributed by atoms with van der Waals surface area (Å²) in [7, 11) is 1.55. The Morgan fingerprint density at radius 3 is 2.61 bits per heavy atom. The van der Waals surface area contributed by atoms with Crippen LogP contribution in [-0.2, 0) is 4.74 Å². The number of halogens is 2. The highest BCUT2D eigenvalue weighted by Gasteiger charge is 2.20. The van der Waals surface area contributed by atoms with Crippen LogP contribution in [0.2, 0.25) is 0 Å². The second-order valence-electron chi connectivity index (χ2n) is 3.92. The SMILES string of the molecule is COCCC(C)C(=O)c1ccccc1OC(F)F. The first kappa shape index (κ1) is 14.6. The molecule has 1 atom stereocenters. The van der Waals surface area contributed by atoms with Crippen molar-refractivity contribution in [2.45, 2.75) is 20.0 Å². The summed E-state index contributed by atoms with van der Waals surface area (Å²) in [6.07, 6.45) is 0.540. The molecule has 0 radical (unpaired) electrons. The molecule has 5 heteroatoms. The van der Waals surface area contributed by atoms with E-state index in [2.05, 4.69) is 4.74 Å². The van der Waals surface area contributed by atoms with Crippen LogP contribution in [0.5, 0.6) is 5.75 Å². The molecular formula is C13H16F2O3. The van der Waals surface area contributed by atoms with Crippen LogP contribution < -0.4 is 4.74 Å². The first-order chi connectivity index (χ1) is 8.56. The van der Waals surface area contributed by atoms with E-state index < -0.39 is 6.61 Å². The lowest BCUT2D eigenvalue weighted by molar-refractivity contribution is -0.0501. The first-order valence-electron chi connectivity index (χ1n) is 5.63. The number of para-hydroxylation sites is 1. The molecule has 1 aromatic rings. The van der Waals surface area contributed by atoms with E-state index in [1.165, 1.54) is 12.1 Å². The molecular weight excluding hydrogens is 242 g/mol. The molecule has 0 aliphatic carbocycles. The van der Waals surface area contributed by atoms with Crippen molar-refractivity contribution in [1.82, 2.24) is 0 Å². The predicted octanol–water partition coefficient (Wildman–Crippen LogP) is 3.14. The maximum Gasteiger partial charge on any atom is 0.387 e. The van der Waals surface area contributed by atoms with Crippen molar-refractivity contribution in [3.63, 3.8) is 0 Å². The fourth-order valence-corrected chi connectivity index (χ4v) is 1.56. The highest BCUT2D eigenvalue weighted by Crippen LogP contribution is 2.24. The third-order valence-electron chi connectivity index (χ3n) is 2.57. The normalized spacial score (nSPS) is 12.5. The monoisotopic (exact) mass is 258 g/mol. The number of ketones is 1. The van der Waals surface area contributed by atoms with Crippen LogP contribution in [0.1, 0.15) is 23.7 Å². The fraction of sp³-hybridized carbons (Fsp3) is 0.462.